The molecule has 15 heteroatoms. The summed E-state index contributed by atoms with van der Waals surface area (Å²) in [5.74, 6) is -1.75. The number of rotatable bonds is 14. The summed E-state index contributed by atoms with van der Waals surface area (Å²) in [6.45, 7) is 13.4. The number of hydrogen-bond acceptors (Lipinski definition) is 12. The maximum Gasteiger partial charge on any atom is 0.415 e. The third-order valence-electron chi connectivity index (χ3n) is 8.54. The zero-order valence-electron chi connectivity index (χ0n) is 28.9. The number of carbonyl (C=O) groups excluding carboxylic acids is 3. The highest BCUT2D eigenvalue weighted by Crippen LogP contribution is 2.32. The first-order valence-corrected chi connectivity index (χ1v) is 16.9. The van der Waals surface area contributed by atoms with Crippen molar-refractivity contribution in [2.75, 3.05) is 26.7 Å². The van der Waals surface area contributed by atoms with Crippen molar-refractivity contribution in [2.24, 2.45) is 0 Å². The Morgan fingerprint density at radius 2 is 1.67 bits per heavy atom. The van der Waals surface area contributed by atoms with E-state index in [2.05, 4.69) is 18.1 Å². The fourth-order valence-electron chi connectivity index (χ4n) is 5.55. The van der Waals surface area contributed by atoms with Crippen LogP contribution in [0.5, 0.6) is 29.0 Å². The number of aromatic nitrogens is 2. The van der Waals surface area contributed by atoms with Crippen molar-refractivity contribution in [3.8, 4) is 35.1 Å². The van der Waals surface area contributed by atoms with Gasteiger partial charge in [-0.2, -0.15) is 5.26 Å². The molecule has 0 unspecified atom stereocenters. The minimum atomic E-state index is -0.927. The predicted octanol–water partition coefficient (Wildman–Crippen LogP) is 3.76. The van der Waals surface area contributed by atoms with E-state index < -0.39 is 29.2 Å². The van der Waals surface area contributed by atoms with Crippen molar-refractivity contribution in [2.45, 2.75) is 58.3 Å². The molecule has 0 aliphatic carbocycles. The maximum absolute atomic E-state index is 13.4. The summed E-state index contributed by atoms with van der Waals surface area (Å²) in [5.41, 5.74) is 0.407. The second kappa shape index (κ2) is 15.9. The van der Waals surface area contributed by atoms with Crippen LogP contribution in [0.1, 0.15) is 62.1 Å². The summed E-state index contributed by atoms with van der Waals surface area (Å²) in [4.78, 5) is 51.2. The van der Waals surface area contributed by atoms with E-state index in [0.29, 0.717) is 45.3 Å². The molecule has 270 valence electrons. The van der Waals surface area contributed by atoms with Crippen LogP contribution in [0.2, 0.25) is 0 Å². The summed E-state index contributed by atoms with van der Waals surface area (Å²) >= 11 is 1.17. The number of amides is 2. The number of carbonyl (C=O) groups is 3. The van der Waals surface area contributed by atoms with Gasteiger partial charge in [-0.3, -0.25) is 4.79 Å². The normalized spacial score (nSPS) is 11.3. The Hall–Kier alpha value is -5.75. The highest BCUT2D eigenvalue weighted by Gasteiger charge is 2.31. The number of phenolic OH excluding ortho intramolecular Hbond substituents is 2. The lowest BCUT2D eigenvalue weighted by atomic mass is 9.78. The number of thiazole rings is 1. The fraction of sp³-hybridized carbons (Fsp3) is 0.361. The molecule has 4 aromatic rings. The summed E-state index contributed by atoms with van der Waals surface area (Å²) < 4.78 is 6.98. The minimum Gasteiger partial charge on any atom is -0.507 e. The van der Waals surface area contributed by atoms with Gasteiger partial charge in [-0.15, -0.1) is 16.1 Å². The Morgan fingerprint density at radius 1 is 0.980 bits per heavy atom. The van der Waals surface area contributed by atoms with Crippen LogP contribution >= 0.6 is 11.3 Å². The van der Waals surface area contributed by atoms with Crippen molar-refractivity contribution < 1.29 is 44.4 Å². The number of unbranched alkanes of at least 4 members (excludes halogenated alkanes) is 2. The number of fused-ring (bicyclic) bond motifs is 1. The topological polar surface area (TPSA) is 199 Å². The summed E-state index contributed by atoms with van der Waals surface area (Å²) in [7, 11) is 1.60. The van der Waals surface area contributed by atoms with Gasteiger partial charge in [0.25, 0.3) is 0 Å². The average molecular weight is 720 g/mol. The standard InChI is InChI=1S/C36H41N5O9S/c1-21-22(2)34(47)32(23(3)33(21)46)36(4,5)19-30(44)39(6)16-17-40(15-9-7-8-10-31(45)50-41-28(42)13-14-29(41)43)35(48)49-24-11-12-25-26(18-24)51-27(20-37)38-25/h11-14,18,42-43,46-47H,2-3,7-10,15-17,19H2,1,4-6H3. The molecule has 4 N–H and O–H groups in total. The van der Waals surface area contributed by atoms with E-state index >= 15 is 0 Å². The number of nitriles is 1. The molecular weight excluding hydrogens is 678 g/mol. The zero-order valence-corrected chi connectivity index (χ0v) is 29.7. The molecule has 0 fully saturated rings. The van der Waals surface area contributed by atoms with Crippen molar-refractivity contribution >= 4 is 52.7 Å². The second-order valence-electron chi connectivity index (χ2n) is 12.8. The van der Waals surface area contributed by atoms with Crippen molar-refractivity contribution in [1.29, 1.82) is 5.26 Å². The second-order valence-corrected chi connectivity index (χ2v) is 13.8. The summed E-state index contributed by atoms with van der Waals surface area (Å²) in [6, 6.07) is 9.22. The summed E-state index contributed by atoms with van der Waals surface area (Å²) in [5, 5.41) is 50.7. The number of likely N-dealkylation sites (N-methyl/N-ethyl adjacent to an activating group) is 1. The van der Waals surface area contributed by atoms with Gasteiger partial charge >= 0.3 is 12.1 Å². The molecule has 0 saturated carbocycles. The lowest BCUT2D eigenvalue weighted by molar-refractivity contribution is -0.145. The molecule has 0 spiro atoms. The first kappa shape index (κ1) is 38.1. The van der Waals surface area contributed by atoms with E-state index in [1.165, 1.54) is 33.3 Å². The third-order valence-corrected chi connectivity index (χ3v) is 9.46. The van der Waals surface area contributed by atoms with Gasteiger partial charge in [0.2, 0.25) is 17.7 Å². The quantitative estimate of drug-likeness (QED) is 0.109. The van der Waals surface area contributed by atoms with Crippen LogP contribution in [0.3, 0.4) is 0 Å². The lowest BCUT2D eigenvalue weighted by Crippen LogP contribution is -2.42. The molecule has 0 atom stereocenters. The minimum absolute atomic E-state index is 0.00697. The Bertz CT molecular complexity index is 2080. The molecule has 2 heterocycles. The molecule has 2 amide bonds. The molecular formula is C36H41N5O9S. The number of benzene rings is 2. The van der Waals surface area contributed by atoms with Crippen molar-refractivity contribution in [3.05, 3.63) is 56.9 Å². The Kier molecular flexibility index (Phi) is 11.8. The molecule has 0 aliphatic heterocycles. The van der Waals surface area contributed by atoms with E-state index in [4.69, 9.17) is 9.57 Å². The van der Waals surface area contributed by atoms with E-state index in [1.54, 1.807) is 46.0 Å². The molecule has 51 heavy (non-hydrogen) atoms. The Labute approximate surface area is 298 Å². The van der Waals surface area contributed by atoms with Crippen LogP contribution in [-0.2, 0) is 15.0 Å². The molecule has 0 saturated heterocycles. The van der Waals surface area contributed by atoms with Crippen LogP contribution in [-0.4, -0.2) is 84.6 Å². The number of hydrogen-bond donors (Lipinski definition) is 4. The molecule has 2 aromatic carbocycles. The molecule has 0 aliphatic rings. The SMILES string of the molecule is C=c1c(C)c(O)c(=C)c(C(C)(C)CC(=O)N(C)CCN(CCCCCC(=O)On2c(O)ccc2O)C(=O)Oc2ccc3nc(C#N)sc3c2)c1O. The van der Waals surface area contributed by atoms with E-state index in [1.807, 2.05) is 6.07 Å². The van der Waals surface area contributed by atoms with Gasteiger partial charge in [-0.25, -0.2) is 14.6 Å². The van der Waals surface area contributed by atoms with Crippen LogP contribution < -0.4 is 20.0 Å². The smallest absolute Gasteiger partial charge is 0.415 e. The average Bonchev–Trinajstić information content (AvgIpc) is 3.64. The largest absolute Gasteiger partial charge is 0.507 e. The molecule has 4 rings (SSSR count). The first-order chi connectivity index (χ1) is 24.0. The predicted molar refractivity (Wildman–Crippen MR) is 190 cm³/mol. The van der Waals surface area contributed by atoms with Crippen LogP contribution in [0.25, 0.3) is 23.4 Å². The van der Waals surface area contributed by atoms with Gasteiger partial charge in [0, 0.05) is 84.7 Å². The Balaban J connectivity index is 1.40. The van der Waals surface area contributed by atoms with Crippen molar-refractivity contribution in [1.82, 2.24) is 19.5 Å². The van der Waals surface area contributed by atoms with Crippen LogP contribution in [0.4, 0.5) is 4.79 Å². The number of phenols is 2. The highest BCUT2D eigenvalue weighted by molar-refractivity contribution is 7.19. The van der Waals surface area contributed by atoms with Gasteiger partial charge in [0.15, 0.2) is 5.01 Å². The van der Waals surface area contributed by atoms with Gasteiger partial charge in [-0.1, -0.05) is 33.4 Å². The highest BCUT2D eigenvalue weighted by atomic mass is 32.1. The third kappa shape index (κ3) is 8.89. The zero-order chi connectivity index (χ0) is 37.6. The van der Waals surface area contributed by atoms with Crippen molar-refractivity contribution in [3.63, 3.8) is 0 Å². The number of ether oxygens (including phenoxy) is 1. The molecule has 0 radical (unpaired) electrons. The maximum atomic E-state index is 13.4. The van der Waals surface area contributed by atoms with Gasteiger partial charge in [-0.05, 0) is 31.9 Å². The number of nitrogens with zero attached hydrogens (tertiary/aromatic N) is 5. The number of aromatic hydroxyl groups is 4. The molecule has 2 aromatic heterocycles. The molecule has 0 bridgehead atoms. The van der Waals surface area contributed by atoms with Crippen LogP contribution in [0.15, 0.2) is 30.3 Å². The Morgan fingerprint density at radius 3 is 2.33 bits per heavy atom. The lowest BCUT2D eigenvalue weighted by Gasteiger charge is -2.30. The summed E-state index contributed by atoms with van der Waals surface area (Å²) in [6.07, 6.45) is 0.675. The van der Waals surface area contributed by atoms with Gasteiger partial charge in [0.05, 0.1) is 10.2 Å². The van der Waals surface area contributed by atoms with Crippen LogP contribution in [0, 0.1) is 18.3 Å². The first-order valence-electron chi connectivity index (χ1n) is 16.1. The van der Waals surface area contributed by atoms with E-state index in [0.717, 1.165) is 0 Å². The molecule has 14 nitrogen and oxygen atoms in total. The van der Waals surface area contributed by atoms with E-state index in [9.17, 15) is 40.1 Å². The monoisotopic (exact) mass is 719 g/mol. The van der Waals surface area contributed by atoms with Gasteiger partial charge in [0.1, 0.15) is 23.3 Å². The fourth-order valence-corrected chi connectivity index (χ4v) is 6.34. The van der Waals surface area contributed by atoms with E-state index in [-0.39, 0.29) is 71.1 Å². The van der Waals surface area contributed by atoms with Gasteiger partial charge < -0.3 is 39.8 Å².